The predicted octanol–water partition coefficient (Wildman–Crippen LogP) is 2.29. The highest BCUT2D eigenvalue weighted by Crippen LogP contribution is 2.21. The largest absolute Gasteiger partial charge is 0.452 e. The highest BCUT2D eigenvalue weighted by atomic mass is 32.2. The molecule has 150 valence electrons. The number of benzene rings is 1. The number of amides is 1. The molecule has 0 atom stereocenters. The fraction of sp³-hybridized carbons (Fsp3) is 0.579. The fourth-order valence-electron chi connectivity index (χ4n) is 3.02. The van der Waals surface area contributed by atoms with Gasteiger partial charge in [0.25, 0.3) is 5.91 Å². The van der Waals surface area contributed by atoms with Crippen LogP contribution in [-0.2, 0) is 19.6 Å². The van der Waals surface area contributed by atoms with Crippen LogP contribution in [-0.4, -0.2) is 39.5 Å². The van der Waals surface area contributed by atoms with Crippen LogP contribution in [0.4, 0.5) is 0 Å². The van der Waals surface area contributed by atoms with Crippen LogP contribution < -0.4 is 10.0 Å². The fourth-order valence-corrected chi connectivity index (χ4v) is 4.35. The van der Waals surface area contributed by atoms with Gasteiger partial charge in [-0.15, -0.1) is 0 Å². The number of carbonyl (C=O) groups excluding carboxylic acids is 2. The maximum Gasteiger partial charge on any atom is 0.338 e. The van der Waals surface area contributed by atoms with E-state index in [1.807, 2.05) is 6.92 Å². The van der Waals surface area contributed by atoms with Crippen LogP contribution in [0.5, 0.6) is 0 Å². The summed E-state index contributed by atoms with van der Waals surface area (Å²) < 4.78 is 33.0. The van der Waals surface area contributed by atoms with Gasteiger partial charge in [0.05, 0.1) is 10.5 Å². The molecule has 0 radical (unpaired) electrons. The summed E-state index contributed by atoms with van der Waals surface area (Å²) in [6.07, 6.45) is 5.59. The third kappa shape index (κ3) is 6.32. The molecule has 1 aromatic carbocycles. The number of esters is 1. The summed E-state index contributed by atoms with van der Waals surface area (Å²) in [4.78, 5) is 23.9. The minimum atomic E-state index is -3.71. The summed E-state index contributed by atoms with van der Waals surface area (Å²) in [6, 6.07) is 4.30. The first-order valence-electron chi connectivity index (χ1n) is 9.40. The van der Waals surface area contributed by atoms with Crippen LogP contribution in [0.2, 0.25) is 0 Å². The van der Waals surface area contributed by atoms with Gasteiger partial charge in [0.1, 0.15) is 0 Å². The first-order valence-corrected chi connectivity index (χ1v) is 10.9. The van der Waals surface area contributed by atoms with Crippen molar-refractivity contribution >= 4 is 21.9 Å². The van der Waals surface area contributed by atoms with Crippen molar-refractivity contribution in [2.45, 2.75) is 63.3 Å². The highest BCUT2D eigenvalue weighted by molar-refractivity contribution is 7.89. The van der Waals surface area contributed by atoms with E-state index < -0.39 is 22.6 Å². The van der Waals surface area contributed by atoms with Gasteiger partial charge in [-0.25, -0.2) is 17.9 Å². The SMILES string of the molecule is CCCNC(=O)COC(=O)c1cc(S(=O)(=O)NC2CCCCC2)ccc1C. The molecule has 2 rings (SSSR count). The van der Waals surface area contributed by atoms with E-state index in [4.69, 9.17) is 4.74 Å². The Labute approximate surface area is 160 Å². The number of hydrogen-bond donors (Lipinski definition) is 2. The lowest BCUT2D eigenvalue weighted by Gasteiger charge is -2.22. The molecule has 27 heavy (non-hydrogen) atoms. The monoisotopic (exact) mass is 396 g/mol. The summed E-state index contributed by atoms with van der Waals surface area (Å²) in [6.45, 7) is 3.73. The molecule has 0 saturated heterocycles. The van der Waals surface area contributed by atoms with Crippen molar-refractivity contribution in [3.63, 3.8) is 0 Å². The second-order valence-electron chi connectivity index (χ2n) is 6.86. The van der Waals surface area contributed by atoms with E-state index in [0.717, 1.165) is 38.5 Å². The van der Waals surface area contributed by atoms with Crippen LogP contribution >= 0.6 is 0 Å². The molecule has 2 N–H and O–H groups in total. The number of sulfonamides is 1. The normalized spacial score (nSPS) is 15.3. The van der Waals surface area contributed by atoms with Gasteiger partial charge in [-0.3, -0.25) is 4.79 Å². The maximum atomic E-state index is 12.6. The zero-order valence-electron chi connectivity index (χ0n) is 15.9. The number of nitrogens with one attached hydrogen (secondary N) is 2. The Balaban J connectivity index is 2.07. The molecule has 0 aromatic heterocycles. The van der Waals surface area contributed by atoms with E-state index in [1.54, 1.807) is 13.0 Å². The number of aryl methyl sites for hydroxylation is 1. The highest BCUT2D eigenvalue weighted by Gasteiger charge is 2.23. The number of hydrogen-bond acceptors (Lipinski definition) is 5. The molecule has 0 bridgehead atoms. The molecule has 7 nitrogen and oxygen atoms in total. The van der Waals surface area contributed by atoms with Crippen molar-refractivity contribution < 1.29 is 22.7 Å². The van der Waals surface area contributed by atoms with Crippen molar-refractivity contribution in [1.29, 1.82) is 0 Å². The summed E-state index contributed by atoms with van der Waals surface area (Å²) in [7, 11) is -3.71. The first-order chi connectivity index (χ1) is 12.8. The van der Waals surface area contributed by atoms with Crippen LogP contribution in [0.15, 0.2) is 23.1 Å². The van der Waals surface area contributed by atoms with Gasteiger partial charge in [0.2, 0.25) is 10.0 Å². The quantitative estimate of drug-likeness (QED) is 0.657. The molecule has 1 fully saturated rings. The second-order valence-corrected chi connectivity index (χ2v) is 8.57. The van der Waals surface area contributed by atoms with Crippen LogP contribution in [0, 0.1) is 6.92 Å². The molecule has 0 unspecified atom stereocenters. The Bertz CT molecular complexity index is 770. The molecule has 1 saturated carbocycles. The van der Waals surface area contributed by atoms with Gasteiger partial charge in [0, 0.05) is 12.6 Å². The van der Waals surface area contributed by atoms with Crippen molar-refractivity contribution in [2.75, 3.05) is 13.2 Å². The predicted molar refractivity (Wildman–Crippen MR) is 102 cm³/mol. The molecular formula is C19H28N2O5S. The Morgan fingerprint density at radius 1 is 1.19 bits per heavy atom. The van der Waals surface area contributed by atoms with Gasteiger partial charge in [0.15, 0.2) is 6.61 Å². The zero-order chi connectivity index (χ0) is 19.9. The lowest BCUT2D eigenvalue weighted by atomic mass is 9.96. The van der Waals surface area contributed by atoms with Gasteiger partial charge in [-0.05, 0) is 43.9 Å². The van der Waals surface area contributed by atoms with E-state index in [1.165, 1.54) is 12.1 Å². The van der Waals surface area contributed by atoms with Gasteiger partial charge in [-0.1, -0.05) is 32.3 Å². The topological polar surface area (TPSA) is 102 Å². The van der Waals surface area contributed by atoms with Crippen molar-refractivity contribution in [3.05, 3.63) is 29.3 Å². The van der Waals surface area contributed by atoms with E-state index >= 15 is 0 Å². The lowest BCUT2D eigenvalue weighted by Crippen LogP contribution is -2.36. The summed E-state index contributed by atoms with van der Waals surface area (Å²) in [5, 5.41) is 2.61. The second kappa shape index (κ2) is 9.85. The number of ether oxygens (including phenoxy) is 1. The van der Waals surface area contributed by atoms with Crippen LogP contribution in [0.1, 0.15) is 61.4 Å². The minimum absolute atomic E-state index is 0.0288. The molecule has 8 heteroatoms. The Morgan fingerprint density at radius 3 is 2.56 bits per heavy atom. The Hall–Kier alpha value is -1.93. The Morgan fingerprint density at radius 2 is 1.89 bits per heavy atom. The van der Waals surface area contributed by atoms with Gasteiger partial charge < -0.3 is 10.1 Å². The zero-order valence-corrected chi connectivity index (χ0v) is 16.7. The van der Waals surface area contributed by atoms with Gasteiger partial charge in [-0.2, -0.15) is 0 Å². The van der Waals surface area contributed by atoms with E-state index in [0.29, 0.717) is 12.1 Å². The molecule has 0 spiro atoms. The third-order valence-corrected chi connectivity index (χ3v) is 6.09. The lowest BCUT2D eigenvalue weighted by molar-refractivity contribution is -0.124. The molecular weight excluding hydrogens is 368 g/mol. The standard InChI is InChI=1S/C19H28N2O5S/c1-3-11-20-18(22)13-26-19(23)17-12-16(10-9-14(17)2)27(24,25)21-15-7-5-4-6-8-15/h9-10,12,15,21H,3-8,11,13H2,1-2H3,(H,20,22). The summed E-state index contributed by atoms with van der Waals surface area (Å²) in [5.74, 6) is -1.10. The van der Waals surface area contributed by atoms with Gasteiger partial charge >= 0.3 is 5.97 Å². The molecule has 1 amide bonds. The Kier molecular flexibility index (Phi) is 7.79. The minimum Gasteiger partial charge on any atom is -0.452 e. The van der Waals surface area contributed by atoms with Crippen LogP contribution in [0.3, 0.4) is 0 Å². The average molecular weight is 397 g/mol. The number of rotatable bonds is 8. The van der Waals surface area contributed by atoms with Crippen molar-refractivity contribution in [2.24, 2.45) is 0 Å². The van der Waals surface area contributed by atoms with Crippen LogP contribution in [0.25, 0.3) is 0 Å². The van der Waals surface area contributed by atoms with E-state index in [9.17, 15) is 18.0 Å². The molecule has 0 aliphatic heterocycles. The molecule has 1 aliphatic rings. The van der Waals surface area contributed by atoms with Crippen molar-refractivity contribution in [3.8, 4) is 0 Å². The van der Waals surface area contributed by atoms with E-state index in [2.05, 4.69) is 10.0 Å². The summed E-state index contributed by atoms with van der Waals surface area (Å²) >= 11 is 0. The smallest absolute Gasteiger partial charge is 0.338 e. The number of carbonyl (C=O) groups is 2. The molecule has 1 aliphatic carbocycles. The first kappa shape index (κ1) is 21.4. The average Bonchev–Trinajstić information content (AvgIpc) is 2.65. The molecule has 1 aromatic rings. The molecule has 0 heterocycles. The maximum absolute atomic E-state index is 12.6. The van der Waals surface area contributed by atoms with Crippen molar-refractivity contribution in [1.82, 2.24) is 10.0 Å². The third-order valence-electron chi connectivity index (χ3n) is 4.57. The summed E-state index contributed by atoms with van der Waals surface area (Å²) in [5.41, 5.74) is 0.732. The van der Waals surface area contributed by atoms with E-state index in [-0.39, 0.29) is 22.4 Å².